The van der Waals surface area contributed by atoms with Crippen LogP contribution in [-0.2, 0) is 6.18 Å². The van der Waals surface area contributed by atoms with Gasteiger partial charge in [-0.3, -0.25) is 4.79 Å². The van der Waals surface area contributed by atoms with Crippen LogP contribution in [0.3, 0.4) is 0 Å². The fraction of sp³-hybridized carbons (Fsp3) is 0.350. The van der Waals surface area contributed by atoms with E-state index in [1.54, 1.807) is 6.07 Å². The minimum Gasteiger partial charge on any atom is -0.387 e. The highest BCUT2D eigenvalue weighted by atomic mass is 35.5. The first kappa shape index (κ1) is 20.6. The molecule has 1 fully saturated rings. The molecule has 3 rings (SSSR count). The molecule has 0 spiro atoms. The number of halogens is 5. The van der Waals surface area contributed by atoms with Crippen molar-refractivity contribution >= 4 is 17.5 Å². The van der Waals surface area contributed by atoms with E-state index < -0.39 is 40.1 Å². The third-order valence-electron chi connectivity index (χ3n) is 5.01. The molecule has 1 aliphatic carbocycles. The Bertz CT molecular complexity index is 879. The Labute approximate surface area is 164 Å². The SMILES string of the molecule is O=C(NC(c1cccc(F)c1)C1(O)CCCC1)c1cccc(C(F)(F)F)c1Cl. The number of hydrogen-bond acceptors (Lipinski definition) is 2. The summed E-state index contributed by atoms with van der Waals surface area (Å²) in [5.41, 5.74) is -2.47. The maximum absolute atomic E-state index is 13.7. The van der Waals surface area contributed by atoms with Crippen LogP contribution in [0.25, 0.3) is 0 Å². The van der Waals surface area contributed by atoms with Gasteiger partial charge in [0.05, 0.1) is 27.8 Å². The third kappa shape index (κ3) is 4.15. The molecular weight excluding hydrogens is 398 g/mol. The zero-order chi connectivity index (χ0) is 20.5. The van der Waals surface area contributed by atoms with E-state index in [1.165, 1.54) is 24.3 Å². The van der Waals surface area contributed by atoms with Crippen LogP contribution in [0, 0.1) is 5.82 Å². The number of nitrogens with one attached hydrogen (secondary N) is 1. The van der Waals surface area contributed by atoms with Gasteiger partial charge in [-0.15, -0.1) is 0 Å². The van der Waals surface area contributed by atoms with Gasteiger partial charge in [0.25, 0.3) is 5.91 Å². The van der Waals surface area contributed by atoms with Crippen LogP contribution in [0.4, 0.5) is 17.6 Å². The first-order valence-electron chi connectivity index (χ1n) is 8.76. The molecule has 0 radical (unpaired) electrons. The molecule has 2 aromatic rings. The number of carbonyl (C=O) groups is 1. The van der Waals surface area contributed by atoms with E-state index in [0.717, 1.165) is 25.0 Å². The Hall–Kier alpha value is -2.12. The summed E-state index contributed by atoms with van der Waals surface area (Å²) in [6, 6.07) is 7.48. The summed E-state index contributed by atoms with van der Waals surface area (Å²) < 4.78 is 52.9. The second-order valence-corrected chi connectivity index (χ2v) is 7.32. The summed E-state index contributed by atoms with van der Waals surface area (Å²) >= 11 is 5.83. The van der Waals surface area contributed by atoms with Gasteiger partial charge in [-0.2, -0.15) is 13.2 Å². The van der Waals surface area contributed by atoms with Crippen LogP contribution >= 0.6 is 11.6 Å². The molecule has 2 aromatic carbocycles. The highest BCUT2D eigenvalue weighted by molar-refractivity contribution is 6.34. The maximum atomic E-state index is 13.7. The second kappa shape index (κ2) is 7.72. The van der Waals surface area contributed by atoms with Crippen molar-refractivity contribution in [2.45, 2.75) is 43.5 Å². The molecule has 0 bridgehead atoms. The quantitative estimate of drug-likeness (QED) is 0.668. The summed E-state index contributed by atoms with van der Waals surface area (Å²) in [6.07, 6.45) is -2.50. The molecule has 1 aliphatic rings. The molecule has 2 N–H and O–H groups in total. The average Bonchev–Trinajstić information content (AvgIpc) is 3.06. The number of amides is 1. The lowest BCUT2D eigenvalue weighted by atomic mass is 9.86. The van der Waals surface area contributed by atoms with E-state index in [9.17, 15) is 27.5 Å². The second-order valence-electron chi connectivity index (χ2n) is 6.94. The molecule has 8 heteroatoms. The number of hydrogen-bond donors (Lipinski definition) is 2. The molecule has 1 amide bonds. The van der Waals surface area contributed by atoms with Gasteiger partial charge < -0.3 is 10.4 Å². The summed E-state index contributed by atoms with van der Waals surface area (Å²) in [4.78, 5) is 12.7. The van der Waals surface area contributed by atoms with Gasteiger partial charge >= 0.3 is 6.18 Å². The Morgan fingerprint density at radius 2 is 1.79 bits per heavy atom. The molecule has 0 saturated heterocycles. The van der Waals surface area contributed by atoms with Gasteiger partial charge in [0.1, 0.15) is 5.82 Å². The van der Waals surface area contributed by atoms with Crippen LogP contribution in [-0.4, -0.2) is 16.6 Å². The van der Waals surface area contributed by atoms with Crippen LogP contribution in [0.15, 0.2) is 42.5 Å². The minimum absolute atomic E-state index is 0.334. The third-order valence-corrected chi connectivity index (χ3v) is 5.42. The standard InChI is InChI=1S/C20H18ClF4NO2/c21-16-14(7-4-8-15(16)20(23,24)25)18(27)26-17(19(28)9-1-2-10-19)12-5-3-6-13(22)11-12/h3-8,11,17,28H,1-2,9-10H2,(H,26,27). The molecule has 0 aromatic heterocycles. The smallest absolute Gasteiger partial charge is 0.387 e. The lowest BCUT2D eigenvalue weighted by Gasteiger charge is -2.34. The summed E-state index contributed by atoms with van der Waals surface area (Å²) in [7, 11) is 0. The molecular formula is C20H18ClF4NO2. The molecule has 28 heavy (non-hydrogen) atoms. The molecule has 0 heterocycles. The highest BCUT2D eigenvalue weighted by Crippen LogP contribution is 2.41. The first-order valence-corrected chi connectivity index (χ1v) is 9.14. The van der Waals surface area contributed by atoms with Gasteiger partial charge in [-0.1, -0.05) is 42.6 Å². The lowest BCUT2D eigenvalue weighted by molar-refractivity contribution is -0.137. The summed E-state index contributed by atoms with van der Waals surface area (Å²) in [6.45, 7) is 0. The van der Waals surface area contributed by atoms with E-state index in [2.05, 4.69) is 5.32 Å². The van der Waals surface area contributed by atoms with Crippen LogP contribution in [0.5, 0.6) is 0 Å². The van der Waals surface area contributed by atoms with E-state index >= 15 is 0 Å². The first-order chi connectivity index (χ1) is 13.1. The van der Waals surface area contributed by atoms with Gasteiger partial charge in [0.2, 0.25) is 0 Å². The maximum Gasteiger partial charge on any atom is 0.417 e. The molecule has 150 valence electrons. The molecule has 0 aliphatic heterocycles. The number of alkyl halides is 3. The normalized spacial score (nSPS) is 17.4. The Kier molecular flexibility index (Phi) is 5.68. The summed E-state index contributed by atoms with van der Waals surface area (Å²) in [5, 5.41) is 12.8. The molecule has 1 saturated carbocycles. The number of aliphatic hydroxyl groups is 1. The van der Waals surface area contributed by atoms with Crippen LogP contribution in [0.1, 0.15) is 53.2 Å². The monoisotopic (exact) mass is 415 g/mol. The van der Waals surface area contributed by atoms with Gasteiger partial charge in [0.15, 0.2) is 0 Å². The van der Waals surface area contributed by atoms with Crippen molar-refractivity contribution < 1.29 is 27.5 Å². The largest absolute Gasteiger partial charge is 0.417 e. The fourth-order valence-corrected chi connectivity index (χ4v) is 3.94. The number of benzene rings is 2. The van der Waals surface area contributed by atoms with Crippen molar-refractivity contribution in [1.29, 1.82) is 0 Å². The minimum atomic E-state index is -4.71. The predicted octanol–water partition coefficient (Wildman–Crippen LogP) is 5.27. The van der Waals surface area contributed by atoms with Crippen molar-refractivity contribution in [3.63, 3.8) is 0 Å². The number of carbonyl (C=O) groups excluding carboxylic acids is 1. The Morgan fingerprint density at radius 1 is 1.14 bits per heavy atom. The topological polar surface area (TPSA) is 49.3 Å². The number of rotatable bonds is 4. The Morgan fingerprint density at radius 3 is 2.39 bits per heavy atom. The molecule has 1 unspecified atom stereocenters. The molecule has 3 nitrogen and oxygen atoms in total. The lowest BCUT2D eigenvalue weighted by Crippen LogP contribution is -2.44. The zero-order valence-corrected chi connectivity index (χ0v) is 15.4. The average molecular weight is 416 g/mol. The van der Waals surface area contributed by atoms with Gasteiger partial charge in [-0.05, 0) is 42.7 Å². The molecule has 1 atom stereocenters. The summed E-state index contributed by atoms with van der Waals surface area (Å²) in [5.74, 6) is -1.42. The van der Waals surface area contributed by atoms with Crippen LogP contribution < -0.4 is 5.32 Å². The van der Waals surface area contributed by atoms with Crippen molar-refractivity contribution in [2.75, 3.05) is 0 Å². The predicted molar refractivity (Wildman–Crippen MR) is 96.5 cm³/mol. The fourth-order valence-electron chi connectivity index (χ4n) is 3.63. The van der Waals surface area contributed by atoms with Gasteiger partial charge in [-0.25, -0.2) is 4.39 Å². The van der Waals surface area contributed by atoms with Crippen molar-refractivity contribution in [2.24, 2.45) is 0 Å². The van der Waals surface area contributed by atoms with Crippen molar-refractivity contribution in [3.05, 3.63) is 70.0 Å². The Balaban J connectivity index is 1.97. The highest BCUT2D eigenvalue weighted by Gasteiger charge is 2.42. The van der Waals surface area contributed by atoms with Crippen LogP contribution in [0.2, 0.25) is 5.02 Å². The van der Waals surface area contributed by atoms with Crippen molar-refractivity contribution in [1.82, 2.24) is 5.32 Å². The zero-order valence-electron chi connectivity index (χ0n) is 14.7. The van der Waals surface area contributed by atoms with E-state index in [1.807, 2.05) is 0 Å². The van der Waals surface area contributed by atoms with Crippen molar-refractivity contribution in [3.8, 4) is 0 Å². The van der Waals surface area contributed by atoms with E-state index in [4.69, 9.17) is 11.6 Å². The van der Waals surface area contributed by atoms with E-state index in [0.29, 0.717) is 18.4 Å². The van der Waals surface area contributed by atoms with E-state index in [-0.39, 0.29) is 5.56 Å². The van der Waals surface area contributed by atoms with Gasteiger partial charge in [0, 0.05) is 0 Å².